The number of aromatic nitrogens is 5. The fourth-order valence-corrected chi connectivity index (χ4v) is 2.65. The molecule has 4 rings (SSSR count). The summed E-state index contributed by atoms with van der Waals surface area (Å²) in [5, 5.41) is 13.8. The number of nitrogens with zero attached hydrogens (tertiary/aromatic N) is 5. The molecule has 0 unspecified atom stereocenters. The topological polar surface area (TPSA) is 94.8 Å². The van der Waals surface area contributed by atoms with E-state index < -0.39 is 0 Å². The fourth-order valence-electron chi connectivity index (χ4n) is 2.65. The number of anilines is 1. The molecule has 2 heterocycles. The van der Waals surface area contributed by atoms with Crippen LogP contribution in [-0.4, -0.2) is 31.1 Å². The van der Waals surface area contributed by atoms with Gasteiger partial charge in [-0.15, -0.1) is 5.10 Å². The highest BCUT2D eigenvalue weighted by Gasteiger charge is 2.01. The van der Waals surface area contributed by atoms with E-state index in [1.807, 2.05) is 54.6 Å². The minimum atomic E-state index is -0.222. The predicted molar refractivity (Wildman–Crippen MR) is 112 cm³/mol. The lowest BCUT2D eigenvalue weighted by Crippen LogP contribution is -2.07. The van der Waals surface area contributed by atoms with Crippen LogP contribution in [0.25, 0.3) is 11.8 Å². The molecule has 2 aromatic carbocycles. The molecule has 2 aromatic heterocycles. The summed E-state index contributed by atoms with van der Waals surface area (Å²) in [6.45, 7) is 0.407. The van der Waals surface area contributed by atoms with Crippen LogP contribution in [0.3, 0.4) is 0 Å². The number of amides is 1. The smallest absolute Gasteiger partial charge is 0.248 e. The Kier molecular flexibility index (Phi) is 5.86. The van der Waals surface area contributed by atoms with Gasteiger partial charge in [0.05, 0.1) is 11.4 Å². The molecule has 0 bridgehead atoms. The molecule has 30 heavy (non-hydrogen) atoms. The average molecular weight is 398 g/mol. The molecule has 0 aliphatic heterocycles. The molecule has 0 fully saturated rings. The summed E-state index contributed by atoms with van der Waals surface area (Å²) in [6, 6.07) is 20.4. The Labute approximate surface area is 172 Å². The molecular weight excluding hydrogens is 380 g/mol. The van der Waals surface area contributed by atoms with Gasteiger partial charge in [0.2, 0.25) is 5.91 Å². The van der Waals surface area contributed by atoms with Crippen LogP contribution in [0, 0.1) is 0 Å². The molecule has 0 aliphatic carbocycles. The number of hydrogen-bond donors (Lipinski definition) is 1. The van der Waals surface area contributed by atoms with E-state index in [1.165, 1.54) is 17.1 Å². The summed E-state index contributed by atoms with van der Waals surface area (Å²) in [4.78, 5) is 16.4. The molecule has 8 nitrogen and oxygen atoms in total. The van der Waals surface area contributed by atoms with Crippen LogP contribution in [0.4, 0.5) is 5.69 Å². The minimum absolute atomic E-state index is 0.222. The summed E-state index contributed by atoms with van der Waals surface area (Å²) in [7, 11) is 0. The molecule has 0 saturated carbocycles. The molecular formula is C22H18N6O2. The first-order valence-corrected chi connectivity index (χ1v) is 9.21. The van der Waals surface area contributed by atoms with E-state index in [0.29, 0.717) is 12.3 Å². The quantitative estimate of drug-likeness (QED) is 0.480. The Morgan fingerprint density at radius 3 is 2.57 bits per heavy atom. The number of nitrogens with one attached hydrogen (secondary N) is 1. The van der Waals surface area contributed by atoms with Crippen molar-refractivity contribution in [2.24, 2.45) is 0 Å². The van der Waals surface area contributed by atoms with E-state index in [4.69, 9.17) is 4.74 Å². The van der Waals surface area contributed by atoms with Gasteiger partial charge in [0.15, 0.2) is 0 Å². The zero-order valence-electron chi connectivity index (χ0n) is 15.9. The molecule has 8 heteroatoms. The van der Waals surface area contributed by atoms with Crippen molar-refractivity contribution in [3.05, 3.63) is 96.6 Å². The number of benzene rings is 2. The number of hydrogen-bond acceptors (Lipinski definition) is 6. The number of carbonyl (C=O) groups is 1. The molecule has 0 aliphatic rings. The van der Waals surface area contributed by atoms with E-state index in [9.17, 15) is 4.79 Å². The highest BCUT2D eigenvalue weighted by Crippen LogP contribution is 2.15. The molecule has 1 amide bonds. The molecule has 1 N–H and O–H groups in total. The second-order valence-electron chi connectivity index (χ2n) is 6.30. The molecule has 148 valence electrons. The van der Waals surface area contributed by atoms with Gasteiger partial charge in [-0.25, -0.2) is 4.68 Å². The van der Waals surface area contributed by atoms with Crippen molar-refractivity contribution in [2.45, 2.75) is 6.61 Å². The molecule has 4 aromatic rings. The van der Waals surface area contributed by atoms with Gasteiger partial charge in [0.1, 0.15) is 18.7 Å². The second-order valence-corrected chi connectivity index (χ2v) is 6.30. The minimum Gasteiger partial charge on any atom is -0.487 e. The van der Waals surface area contributed by atoms with Crippen molar-refractivity contribution >= 4 is 17.7 Å². The van der Waals surface area contributed by atoms with Crippen LogP contribution in [0.2, 0.25) is 0 Å². The third-order valence-electron chi connectivity index (χ3n) is 4.17. The Bertz CT molecular complexity index is 1110. The number of ether oxygens (including phenoxy) is 1. The summed E-state index contributed by atoms with van der Waals surface area (Å²) < 4.78 is 7.25. The van der Waals surface area contributed by atoms with Crippen molar-refractivity contribution in [2.75, 3.05) is 5.32 Å². The number of pyridine rings is 1. The first-order chi connectivity index (χ1) is 14.8. The Balaban J connectivity index is 1.29. The number of rotatable bonds is 7. The SMILES string of the molecule is O=C(/C=C/c1ccc(OCc2ccccn2)cc1)Nc1ccc(-n2cnnn2)cc1. The van der Waals surface area contributed by atoms with Crippen LogP contribution >= 0.6 is 0 Å². The lowest BCUT2D eigenvalue weighted by Gasteiger charge is -2.06. The van der Waals surface area contributed by atoms with Gasteiger partial charge in [0, 0.05) is 18.0 Å². The maximum absolute atomic E-state index is 12.2. The van der Waals surface area contributed by atoms with Crippen molar-refractivity contribution < 1.29 is 9.53 Å². The van der Waals surface area contributed by atoms with Gasteiger partial charge in [-0.1, -0.05) is 18.2 Å². The highest BCUT2D eigenvalue weighted by molar-refractivity contribution is 6.01. The lowest BCUT2D eigenvalue weighted by molar-refractivity contribution is -0.111. The standard InChI is InChI=1S/C22H18N6O2/c29-22(25-18-7-9-20(10-8-18)28-16-24-26-27-28)13-6-17-4-11-21(12-5-17)30-15-19-3-1-2-14-23-19/h1-14,16H,15H2,(H,25,29)/b13-6+. The van der Waals surface area contributed by atoms with E-state index in [2.05, 4.69) is 25.8 Å². The summed E-state index contributed by atoms with van der Waals surface area (Å²) in [5.41, 5.74) is 3.24. The number of tetrazole rings is 1. The van der Waals surface area contributed by atoms with Gasteiger partial charge in [-0.3, -0.25) is 9.78 Å². The molecule has 0 saturated heterocycles. The van der Waals surface area contributed by atoms with E-state index in [1.54, 1.807) is 24.4 Å². The maximum atomic E-state index is 12.2. The van der Waals surface area contributed by atoms with Crippen LogP contribution < -0.4 is 10.1 Å². The first-order valence-electron chi connectivity index (χ1n) is 9.21. The average Bonchev–Trinajstić information content (AvgIpc) is 3.33. The van der Waals surface area contributed by atoms with Crippen molar-refractivity contribution in [3.8, 4) is 11.4 Å². The second kappa shape index (κ2) is 9.24. The van der Waals surface area contributed by atoms with Gasteiger partial charge >= 0.3 is 0 Å². The van der Waals surface area contributed by atoms with E-state index in [0.717, 1.165) is 22.7 Å². The van der Waals surface area contributed by atoms with Gasteiger partial charge in [0.25, 0.3) is 0 Å². The van der Waals surface area contributed by atoms with Crippen molar-refractivity contribution in [3.63, 3.8) is 0 Å². The van der Waals surface area contributed by atoms with Crippen LogP contribution in [0.15, 0.2) is 85.3 Å². The monoisotopic (exact) mass is 398 g/mol. The maximum Gasteiger partial charge on any atom is 0.248 e. The third kappa shape index (κ3) is 5.14. The van der Waals surface area contributed by atoms with Crippen molar-refractivity contribution in [1.82, 2.24) is 25.2 Å². The van der Waals surface area contributed by atoms with Gasteiger partial charge < -0.3 is 10.1 Å². The molecule has 0 radical (unpaired) electrons. The molecule has 0 atom stereocenters. The highest BCUT2D eigenvalue weighted by atomic mass is 16.5. The predicted octanol–water partition coefficient (Wildman–Crippen LogP) is 3.29. The fraction of sp³-hybridized carbons (Fsp3) is 0.0455. The summed E-state index contributed by atoms with van der Waals surface area (Å²) in [6.07, 6.45) is 6.47. The van der Waals surface area contributed by atoms with Crippen LogP contribution in [0.1, 0.15) is 11.3 Å². The summed E-state index contributed by atoms with van der Waals surface area (Å²) in [5.74, 6) is 0.519. The lowest BCUT2D eigenvalue weighted by atomic mass is 10.2. The Hall–Kier alpha value is -4.33. The van der Waals surface area contributed by atoms with Crippen LogP contribution in [-0.2, 0) is 11.4 Å². The zero-order valence-corrected chi connectivity index (χ0v) is 15.9. The van der Waals surface area contributed by atoms with Gasteiger partial charge in [-0.05, 0) is 70.6 Å². The normalized spacial score (nSPS) is 10.8. The Morgan fingerprint density at radius 2 is 1.87 bits per heavy atom. The largest absolute Gasteiger partial charge is 0.487 e. The van der Waals surface area contributed by atoms with E-state index in [-0.39, 0.29) is 5.91 Å². The first kappa shape index (κ1) is 19.0. The number of carbonyl (C=O) groups excluding carboxylic acids is 1. The van der Waals surface area contributed by atoms with Gasteiger partial charge in [-0.2, -0.15) is 0 Å². The molecule has 0 spiro atoms. The van der Waals surface area contributed by atoms with Crippen LogP contribution in [0.5, 0.6) is 5.75 Å². The van der Waals surface area contributed by atoms with E-state index >= 15 is 0 Å². The Morgan fingerprint density at radius 1 is 1.03 bits per heavy atom. The van der Waals surface area contributed by atoms with Crippen molar-refractivity contribution in [1.29, 1.82) is 0 Å². The summed E-state index contributed by atoms with van der Waals surface area (Å²) >= 11 is 0. The third-order valence-corrected chi connectivity index (χ3v) is 4.17. The zero-order chi connectivity index (χ0) is 20.6.